The zero-order chi connectivity index (χ0) is 14.3. The molecule has 1 heterocycles. The van der Waals surface area contributed by atoms with Crippen molar-refractivity contribution in [2.24, 2.45) is 12.8 Å². The highest BCUT2D eigenvalue weighted by Crippen LogP contribution is 2.07. The van der Waals surface area contributed by atoms with Crippen LogP contribution in [0.3, 0.4) is 0 Å². The number of likely N-dealkylation sites (N-methyl/N-ethyl adjacent to an activating group) is 1. The fourth-order valence-electron chi connectivity index (χ4n) is 1.94. The molecule has 1 atom stereocenters. The molecule has 0 saturated heterocycles. The lowest BCUT2D eigenvalue weighted by atomic mass is 10.1. The number of hydrogen-bond donors (Lipinski definition) is 2. The summed E-state index contributed by atoms with van der Waals surface area (Å²) in [6.45, 7) is 7.81. The number of aromatic nitrogens is 2. The molecule has 108 valence electrons. The highest BCUT2D eigenvalue weighted by molar-refractivity contribution is 5.82. The third-order valence-corrected chi connectivity index (χ3v) is 3.08. The second kappa shape index (κ2) is 7.91. The third-order valence-electron chi connectivity index (χ3n) is 3.08. The predicted octanol–water partition coefficient (Wildman–Crippen LogP) is 0.268. The van der Waals surface area contributed by atoms with Crippen molar-refractivity contribution >= 4 is 5.91 Å². The van der Waals surface area contributed by atoms with Gasteiger partial charge in [0.25, 0.3) is 0 Å². The van der Waals surface area contributed by atoms with Crippen LogP contribution in [0.5, 0.6) is 0 Å². The minimum absolute atomic E-state index is 0.152. The minimum Gasteiger partial charge on any atom is -0.353 e. The van der Waals surface area contributed by atoms with Gasteiger partial charge in [-0.15, -0.1) is 0 Å². The summed E-state index contributed by atoms with van der Waals surface area (Å²) in [6.07, 6.45) is 4.51. The highest BCUT2D eigenvalue weighted by atomic mass is 16.2. The lowest BCUT2D eigenvalue weighted by Crippen LogP contribution is -2.39. The van der Waals surface area contributed by atoms with E-state index in [9.17, 15) is 4.79 Å². The minimum atomic E-state index is -0.644. The number of nitrogens with one attached hydrogen (secondary N) is 1. The van der Waals surface area contributed by atoms with Gasteiger partial charge in [0.2, 0.25) is 5.91 Å². The van der Waals surface area contributed by atoms with Crippen LogP contribution in [0.25, 0.3) is 0 Å². The molecule has 0 saturated carbocycles. The van der Waals surface area contributed by atoms with Crippen molar-refractivity contribution in [2.75, 3.05) is 26.2 Å². The maximum atomic E-state index is 11.9. The van der Waals surface area contributed by atoms with Gasteiger partial charge < -0.3 is 16.0 Å². The zero-order valence-corrected chi connectivity index (χ0v) is 12.1. The summed E-state index contributed by atoms with van der Waals surface area (Å²) in [5, 5.41) is 6.89. The van der Waals surface area contributed by atoms with Gasteiger partial charge in [0.1, 0.15) is 6.04 Å². The van der Waals surface area contributed by atoms with E-state index in [2.05, 4.69) is 29.2 Å². The van der Waals surface area contributed by atoms with Crippen LogP contribution in [0.2, 0.25) is 0 Å². The second-order valence-corrected chi connectivity index (χ2v) is 4.65. The lowest BCUT2D eigenvalue weighted by molar-refractivity contribution is -0.122. The quantitative estimate of drug-likeness (QED) is 0.709. The highest BCUT2D eigenvalue weighted by Gasteiger charge is 2.16. The Kier molecular flexibility index (Phi) is 6.52. The van der Waals surface area contributed by atoms with Crippen molar-refractivity contribution in [3.8, 4) is 0 Å². The first-order chi connectivity index (χ1) is 9.08. The van der Waals surface area contributed by atoms with Crippen molar-refractivity contribution in [2.45, 2.75) is 26.3 Å². The van der Waals surface area contributed by atoms with E-state index in [1.54, 1.807) is 24.1 Å². The standard InChI is InChI=1S/C13H25N5O/c1-4-7-18(5-2)8-6-15-13(19)12(14)11-9-16-17(3)10-11/h9-10,12H,4-8,14H2,1-3H3,(H,15,19). The van der Waals surface area contributed by atoms with E-state index in [0.717, 1.165) is 31.6 Å². The Morgan fingerprint density at radius 3 is 2.79 bits per heavy atom. The molecule has 0 radical (unpaired) electrons. The van der Waals surface area contributed by atoms with Crippen LogP contribution in [0.15, 0.2) is 12.4 Å². The molecule has 1 amide bonds. The van der Waals surface area contributed by atoms with Gasteiger partial charge in [-0.2, -0.15) is 5.10 Å². The summed E-state index contributed by atoms with van der Waals surface area (Å²) in [7, 11) is 1.80. The van der Waals surface area contributed by atoms with Crippen molar-refractivity contribution in [1.82, 2.24) is 20.0 Å². The van der Waals surface area contributed by atoms with Crippen LogP contribution in [0.1, 0.15) is 31.9 Å². The average molecular weight is 267 g/mol. The fraction of sp³-hybridized carbons (Fsp3) is 0.692. The van der Waals surface area contributed by atoms with Gasteiger partial charge in [-0.3, -0.25) is 9.48 Å². The van der Waals surface area contributed by atoms with Gasteiger partial charge in [-0.1, -0.05) is 13.8 Å². The van der Waals surface area contributed by atoms with Crippen LogP contribution in [0.4, 0.5) is 0 Å². The predicted molar refractivity (Wildman–Crippen MR) is 75.6 cm³/mol. The third kappa shape index (κ3) is 5.00. The Morgan fingerprint density at radius 2 is 2.26 bits per heavy atom. The number of rotatable bonds is 8. The maximum Gasteiger partial charge on any atom is 0.241 e. The van der Waals surface area contributed by atoms with Gasteiger partial charge in [0, 0.05) is 31.9 Å². The topological polar surface area (TPSA) is 76.2 Å². The summed E-state index contributed by atoms with van der Waals surface area (Å²) in [5.41, 5.74) is 6.62. The van der Waals surface area contributed by atoms with E-state index in [1.165, 1.54) is 0 Å². The Hall–Kier alpha value is -1.40. The number of nitrogens with two attached hydrogens (primary N) is 1. The van der Waals surface area contributed by atoms with Gasteiger partial charge in [0.05, 0.1) is 6.20 Å². The van der Waals surface area contributed by atoms with Gasteiger partial charge in [-0.25, -0.2) is 0 Å². The largest absolute Gasteiger partial charge is 0.353 e. The summed E-state index contributed by atoms with van der Waals surface area (Å²) >= 11 is 0. The average Bonchev–Trinajstić information content (AvgIpc) is 2.83. The molecule has 6 nitrogen and oxygen atoms in total. The number of amides is 1. The molecule has 0 aliphatic rings. The number of aryl methyl sites for hydroxylation is 1. The van der Waals surface area contributed by atoms with Crippen molar-refractivity contribution in [3.05, 3.63) is 18.0 Å². The van der Waals surface area contributed by atoms with Crippen LogP contribution >= 0.6 is 0 Å². The number of carbonyl (C=O) groups is 1. The first kappa shape index (κ1) is 15.7. The Labute approximate surface area is 114 Å². The second-order valence-electron chi connectivity index (χ2n) is 4.65. The van der Waals surface area contributed by atoms with Crippen molar-refractivity contribution in [1.29, 1.82) is 0 Å². The molecule has 19 heavy (non-hydrogen) atoms. The number of carbonyl (C=O) groups excluding carboxylic acids is 1. The number of nitrogens with zero attached hydrogens (tertiary/aromatic N) is 3. The molecular formula is C13H25N5O. The molecule has 0 fully saturated rings. The lowest BCUT2D eigenvalue weighted by Gasteiger charge is -2.20. The summed E-state index contributed by atoms with van der Waals surface area (Å²) in [4.78, 5) is 14.2. The van der Waals surface area contributed by atoms with Crippen LogP contribution in [-0.4, -0.2) is 46.8 Å². The monoisotopic (exact) mass is 267 g/mol. The molecular weight excluding hydrogens is 242 g/mol. The van der Waals surface area contributed by atoms with Crippen LogP contribution in [-0.2, 0) is 11.8 Å². The summed E-state index contributed by atoms with van der Waals surface area (Å²) < 4.78 is 1.64. The molecule has 1 unspecified atom stereocenters. The van der Waals surface area contributed by atoms with Crippen molar-refractivity contribution in [3.63, 3.8) is 0 Å². The first-order valence-corrected chi connectivity index (χ1v) is 6.82. The van der Waals surface area contributed by atoms with Gasteiger partial charge in [0.15, 0.2) is 0 Å². The van der Waals surface area contributed by atoms with E-state index < -0.39 is 6.04 Å². The van der Waals surface area contributed by atoms with E-state index in [-0.39, 0.29) is 5.91 Å². The van der Waals surface area contributed by atoms with E-state index in [4.69, 9.17) is 5.73 Å². The van der Waals surface area contributed by atoms with E-state index in [0.29, 0.717) is 6.54 Å². The molecule has 0 aliphatic heterocycles. The SMILES string of the molecule is CCCN(CC)CCNC(=O)C(N)c1cnn(C)c1. The summed E-state index contributed by atoms with van der Waals surface area (Å²) in [5.74, 6) is -0.152. The van der Waals surface area contributed by atoms with E-state index >= 15 is 0 Å². The Bertz CT molecular complexity index is 390. The Balaban J connectivity index is 2.34. The molecule has 1 aromatic heterocycles. The van der Waals surface area contributed by atoms with Crippen LogP contribution < -0.4 is 11.1 Å². The molecule has 0 bridgehead atoms. The van der Waals surface area contributed by atoms with E-state index in [1.807, 2.05) is 0 Å². The molecule has 6 heteroatoms. The molecule has 1 aromatic rings. The molecule has 3 N–H and O–H groups in total. The molecule has 0 aromatic carbocycles. The van der Waals surface area contributed by atoms with Gasteiger partial charge in [-0.05, 0) is 19.5 Å². The Morgan fingerprint density at radius 1 is 1.53 bits per heavy atom. The number of hydrogen-bond acceptors (Lipinski definition) is 4. The molecule has 1 rings (SSSR count). The molecule has 0 aliphatic carbocycles. The molecule has 0 spiro atoms. The smallest absolute Gasteiger partial charge is 0.241 e. The van der Waals surface area contributed by atoms with Gasteiger partial charge >= 0.3 is 0 Å². The normalized spacial score (nSPS) is 12.7. The first-order valence-electron chi connectivity index (χ1n) is 6.82. The van der Waals surface area contributed by atoms with Crippen LogP contribution in [0, 0.1) is 0 Å². The fourth-order valence-corrected chi connectivity index (χ4v) is 1.94. The maximum absolute atomic E-state index is 11.9. The van der Waals surface area contributed by atoms with Crippen molar-refractivity contribution < 1.29 is 4.79 Å². The zero-order valence-electron chi connectivity index (χ0n) is 12.1. The summed E-state index contributed by atoms with van der Waals surface area (Å²) in [6, 6.07) is -0.644.